The molecule has 2 aromatic rings. The first-order chi connectivity index (χ1) is 11.1. The Labute approximate surface area is 136 Å². The van der Waals surface area contributed by atoms with Gasteiger partial charge in [0.2, 0.25) is 0 Å². The number of aromatic nitrogens is 2. The standard InChI is InChI=1S/C18H25N3O2/c1-3-16(22)15-8-4-5-9-20(15)12-14-11-17(23)21-10-6-7-13(2)18(21)19-14/h6-7,10-11,15-16,22H,3-5,8-9,12H2,1-2H3. The molecule has 5 heteroatoms. The third-order valence-electron chi connectivity index (χ3n) is 4.83. The van der Waals surface area contributed by atoms with E-state index in [0.29, 0.717) is 6.54 Å². The van der Waals surface area contributed by atoms with Crippen molar-refractivity contribution in [3.05, 3.63) is 46.0 Å². The van der Waals surface area contributed by atoms with E-state index in [9.17, 15) is 9.90 Å². The van der Waals surface area contributed by atoms with Gasteiger partial charge in [-0.1, -0.05) is 19.4 Å². The molecule has 2 unspecified atom stereocenters. The van der Waals surface area contributed by atoms with E-state index in [1.165, 1.54) is 0 Å². The topological polar surface area (TPSA) is 57.8 Å². The van der Waals surface area contributed by atoms with Gasteiger partial charge in [0.1, 0.15) is 5.65 Å². The molecule has 3 heterocycles. The van der Waals surface area contributed by atoms with Crippen molar-refractivity contribution in [3.63, 3.8) is 0 Å². The number of hydrogen-bond donors (Lipinski definition) is 1. The SMILES string of the molecule is CCC(O)C1CCCCN1Cc1cc(=O)n2cccc(C)c2n1. The Bertz CT molecular complexity index is 741. The maximum Gasteiger partial charge on any atom is 0.258 e. The van der Waals surface area contributed by atoms with E-state index in [-0.39, 0.29) is 17.7 Å². The molecular formula is C18H25N3O2. The van der Waals surface area contributed by atoms with Gasteiger partial charge in [0.25, 0.3) is 5.56 Å². The zero-order valence-electron chi connectivity index (χ0n) is 13.9. The Morgan fingerprint density at radius 1 is 1.43 bits per heavy atom. The number of hydrogen-bond acceptors (Lipinski definition) is 4. The van der Waals surface area contributed by atoms with Gasteiger partial charge in [0, 0.05) is 24.8 Å². The molecule has 0 bridgehead atoms. The van der Waals surface area contributed by atoms with Crippen LogP contribution in [0, 0.1) is 6.92 Å². The molecule has 3 rings (SSSR count). The Hall–Kier alpha value is -1.72. The van der Waals surface area contributed by atoms with Gasteiger partial charge in [-0.25, -0.2) is 4.98 Å². The van der Waals surface area contributed by atoms with E-state index >= 15 is 0 Å². The molecule has 1 aliphatic heterocycles. The van der Waals surface area contributed by atoms with Crippen LogP contribution in [0.25, 0.3) is 5.65 Å². The van der Waals surface area contributed by atoms with E-state index in [4.69, 9.17) is 0 Å². The maximum absolute atomic E-state index is 12.3. The monoisotopic (exact) mass is 315 g/mol. The summed E-state index contributed by atoms with van der Waals surface area (Å²) in [7, 11) is 0. The van der Waals surface area contributed by atoms with Crippen LogP contribution in [0.3, 0.4) is 0 Å². The molecule has 0 aromatic carbocycles. The zero-order valence-corrected chi connectivity index (χ0v) is 13.9. The molecular weight excluding hydrogens is 290 g/mol. The van der Waals surface area contributed by atoms with Crippen LogP contribution in [0.5, 0.6) is 0 Å². The first-order valence-corrected chi connectivity index (χ1v) is 8.50. The number of rotatable bonds is 4. The largest absolute Gasteiger partial charge is 0.392 e. The van der Waals surface area contributed by atoms with Gasteiger partial charge in [-0.2, -0.15) is 0 Å². The van der Waals surface area contributed by atoms with E-state index in [2.05, 4.69) is 9.88 Å². The average Bonchev–Trinajstić information content (AvgIpc) is 2.56. The van der Waals surface area contributed by atoms with Crippen molar-refractivity contribution in [1.29, 1.82) is 0 Å². The van der Waals surface area contributed by atoms with Crippen molar-refractivity contribution >= 4 is 5.65 Å². The molecule has 1 fully saturated rings. The molecule has 0 radical (unpaired) electrons. The molecule has 1 N–H and O–H groups in total. The summed E-state index contributed by atoms with van der Waals surface area (Å²) < 4.78 is 1.59. The number of aliphatic hydroxyl groups is 1. The predicted molar refractivity (Wildman–Crippen MR) is 90.5 cm³/mol. The highest BCUT2D eigenvalue weighted by Crippen LogP contribution is 2.23. The number of likely N-dealkylation sites (tertiary alicyclic amines) is 1. The van der Waals surface area contributed by atoms with Gasteiger partial charge in [0.15, 0.2) is 0 Å². The van der Waals surface area contributed by atoms with Gasteiger partial charge >= 0.3 is 0 Å². The van der Waals surface area contributed by atoms with E-state index < -0.39 is 0 Å². The molecule has 124 valence electrons. The maximum atomic E-state index is 12.3. The van der Waals surface area contributed by atoms with Crippen molar-refractivity contribution in [2.45, 2.75) is 58.2 Å². The van der Waals surface area contributed by atoms with Gasteiger partial charge in [-0.05, 0) is 44.4 Å². The molecule has 0 aliphatic carbocycles. The minimum absolute atomic E-state index is 0.0432. The lowest BCUT2D eigenvalue weighted by atomic mass is 9.96. The van der Waals surface area contributed by atoms with Crippen LogP contribution in [-0.2, 0) is 6.54 Å². The molecule has 0 spiro atoms. The van der Waals surface area contributed by atoms with Gasteiger partial charge in [-0.15, -0.1) is 0 Å². The Morgan fingerprint density at radius 2 is 2.26 bits per heavy atom. The van der Waals surface area contributed by atoms with E-state index in [0.717, 1.165) is 49.1 Å². The predicted octanol–water partition coefficient (Wildman–Crippen LogP) is 2.13. The lowest BCUT2D eigenvalue weighted by Gasteiger charge is -2.38. The fraction of sp³-hybridized carbons (Fsp3) is 0.556. The summed E-state index contributed by atoms with van der Waals surface area (Å²) in [6, 6.07) is 5.63. The molecule has 1 aliphatic rings. The Kier molecular flexibility index (Phi) is 4.78. The van der Waals surface area contributed by atoms with E-state index in [1.54, 1.807) is 16.7 Å². The summed E-state index contributed by atoms with van der Waals surface area (Å²) in [6.07, 6.45) is 5.52. The number of fused-ring (bicyclic) bond motifs is 1. The van der Waals surface area contributed by atoms with Crippen LogP contribution in [0.4, 0.5) is 0 Å². The van der Waals surface area contributed by atoms with Crippen LogP contribution in [-0.4, -0.2) is 38.1 Å². The zero-order chi connectivity index (χ0) is 16.4. The second-order valence-electron chi connectivity index (χ2n) is 6.48. The number of pyridine rings is 1. The van der Waals surface area contributed by atoms with Gasteiger partial charge < -0.3 is 5.11 Å². The van der Waals surface area contributed by atoms with Crippen LogP contribution < -0.4 is 5.56 Å². The highest BCUT2D eigenvalue weighted by Gasteiger charge is 2.28. The molecule has 1 saturated heterocycles. The molecule has 23 heavy (non-hydrogen) atoms. The lowest BCUT2D eigenvalue weighted by Crippen LogP contribution is -2.46. The first kappa shape index (κ1) is 16.1. The van der Waals surface area contributed by atoms with Crippen LogP contribution in [0.2, 0.25) is 0 Å². The minimum atomic E-state index is -0.307. The third kappa shape index (κ3) is 3.31. The van der Waals surface area contributed by atoms with Crippen molar-refractivity contribution in [2.75, 3.05) is 6.54 Å². The summed E-state index contributed by atoms with van der Waals surface area (Å²) in [5.74, 6) is 0. The van der Waals surface area contributed by atoms with Crippen molar-refractivity contribution in [2.24, 2.45) is 0 Å². The number of aliphatic hydroxyl groups excluding tert-OH is 1. The number of piperidine rings is 1. The summed E-state index contributed by atoms with van der Waals surface area (Å²) in [5.41, 5.74) is 2.47. The van der Waals surface area contributed by atoms with Crippen LogP contribution in [0.1, 0.15) is 43.9 Å². The number of aryl methyl sites for hydroxylation is 1. The van der Waals surface area contributed by atoms with Crippen LogP contribution in [0.15, 0.2) is 29.2 Å². The third-order valence-corrected chi connectivity index (χ3v) is 4.83. The number of nitrogens with zero attached hydrogens (tertiary/aromatic N) is 3. The summed E-state index contributed by atoms with van der Waals surface area (Å²) in [4.78, 5) is 19.3. The van der Waals surface area contributed by atoms with Crippen molar-refractivity contribution in [3.8, 4) is 0 Å². The summed E-state index contributed by atoms with van der Waals surface area (Å²) >= 11 is 0. The fourth-order valence-electron chi connectivity index (χ4n) is 3.52. The van der Waals surface area contributed by atoms with Gasteiger partial charge in [-0.3, -0.25) is 14.1 Å². The molecule has 0 amide bonds. The molecule has 0 saturated carbocycles. The summed E-state index contributed by atoms with van der Waals surface area (Å²) in [6.45, 7) is 5.57. The van der Waals surface area contributed by atoms with Crippen LogP contribution >= 0.6 is 0 Å². The summed E-state index contributed by atoms with van der Waals surface area (Å²) in [5, 5.41) is 10.3. The quantitative estimate of drug-likeness (QED) is 0.939. The highest BCUT2D eigenvalue weighted by molar-refractivity contribution is 5.46. The fourth-order valence-corrected chi connectivity index (χ4v) is 3.52. The Morgan fingerprint density at radius 3 is 3.04 bits per heavy atom. The average molecular weight is 315 g/mol. The molecule has 5 nitrogen and oxygen atoms in total. The van der Waals surface area contributed by atoms with Gasteiger partial charge in [0.05, 0.1) is 11.8 Å². The smallest absolute Gasteiger partial charge is 0.258 e. The molecule has 2 aromatic heterocycles. The normalized spacial score (nSPS) is 20.7. The second-order valence-corrected chi connectivity index (χ2v) is 6.48. The lowest BCUT2D eigenvalue weighted by molar-refractivity contribution is 0.0189. The highest BCUT2D eigenvalue weighted by atomic mass is 16.3. The van der Waals surface area contributed by atoms with Crippen molar-refractivity contribution in [1.82, 2.24) is 14.3 Å². The van der Waals surface area contributed by atoms with Crippen molar-refractivity contribution < 1.29 is 5.11 Å². The van der Waals surface area contributed by atoms with E-state index in [1.807, 2.05) is 26.0 Å². The Balaban J connectivity index is 1.91. The second kappa shape index (κ2) is 6.81. The minimum Gasteiger partial charge on any atom is -0.392 e. The first-order valence-electron chi connectivity index (χ1n) is 8.50. The molecule has 2 atom stereocenters.